The van der Waals surface area contributed by atoms with E-state index in [1.807, 2.05) is 0 Å². The van der Waals surface area contributed by atoms with Crippen LogP contribution in [0.25, 0.3) is 0 Å². The molecule has 0 saturated carbocycles. The summed E-state index contributed by atoms with van der Waals surface area (Å²) in [4.78, 5) is 0. The summed E-state index contributed by atoms with van der Waals surface area (Å²) in [5.41, 5.74) is 1.49. The van der Waals surface area contributed by atoms with Crippen LogP contribution in [0, 0.1) is 11.8 Å². The summed E-state index contributed by atoms with van der Waals surface area (Å²) in [6.07, 6.45) is 11.8. The molecule has 0 aliphatic carbocycles. The third kappa shape index (κ3) is 6.54. The molecule has 88 valence electrons. The van der Waals surface area contributed by atoms with E-state index in [1.54, 1.807) is 0 Å². The first-order valence-electron chi connectivity index (χ1n) is 6.47. The van der Waals surface area contributed by atoms with Crippen LogP contribution in [0.1, 0.15) is 60.3 Å². The standard InChI is InChI=1S/C15H28/c1-6-9-11-15(8-3)12-14(5)13(4)10-7-2/h8-9,11,13-14H,6-7,10,12H2,1-5H3. The molecule has 0 amide bonds. The maximum Gasteiger partial charge on any atom is -0.0254 e. The highest BCUT2D eigenvalue weighted by Crippen LogP contribution is 2.24. The van der Waals surface area contributed by atoms with Gasteiger partial charge in [-0.3, -0.25) is 0 Å². The second-order valence-electron chi connectivity index (χ2n) is 4.62. The third-order valence-electron chi connectivity index (χ3n) is 3.21. The molecule has 0 rings (SSSR count). The summed E-state index contributed by atoms with van der Waals surface area (Å²) in [7, 11) is 0. The molecule has 2 atom stereocenters. The molecular weight excluding hydrogens is 180 g/mol. The number of rotatable bonds is 7. The predicted molar refractivity (Wildman–Crippen MR) is 71.0 cm³/mol. The minimum atomic E-state index is 0.803. The Labute approximate surface area is 96.5 Å². The molecule has 0 fully saturated rings. The van der Waals surface area contributed by atoms with Gasteiger partial charge in [0.15, 0.2) is 0 Å². The van der Waals surface area contributed by atoms with E-state index in [4.69, 9.17) is 0 Å². The van der Waals surface area contributed by atoms with Gasteiger partial charge in [-0.15, -0.1) is 0 Å². The molecule has 0 aliphatic rings. The van der Waals surface area contributed by atoms with Crippen molar-refractivity contribution < 1.29 is 0 Å². The Morgan fingerprint density at radius 3 is 2.27 bits per heavy atom. The normalized spacial score (nSPS) is 17.0. The van der Waals surface area contributed by atoms with Crippen LogP contribution in [0.2, 0.25) is 0 Å². The largest absolute Gasteiger partial charge is 0.0845 e. The number of hydrogen-bond acceptors (Lipinski definition) is 0. The van der Waals surface area contributed by atoms with Gasteiger partial charge in [-0.2, -0.15) is 0 Å². The lowest BCUT2D eigenvalue weighted by Gasteiger charge is -2.19. The van der Waals surface area contributed by atoms with Crippen molar-refractivity contribution in [2.24, 2.45) is 11.8 Å². The van der Waals surface area contributed by atoms with Crippen molar-refractivity contribution in [1.29, 1.82) is 0 Å². The maximum atomic E-state index is 2.38. The second kappa shape index (κ2) is 8.76. The van der Waals surface area contributed by atoms with Gasteiger partial charge in [0.2, 0.25) is 0 Å². The average Bonchev–Trinajstić information content (AvgIpc) is 2.24. The van der Waals surface area contributed by atoms with E-state index in [2.05, 4.69) is 52.8 Å². The first-order valence-corrected chi connectivity index (χ1v) is 6.47. The Kier molecular flexibility index (Phi) is 8.46. The van der Waals surface area contributed by atoms with Gasteiger partial charge in [0.25, 0.3) is 0 Å². The molecule has 0 radical (unpaired) electrons. The summed E-state index contributed by atoms with van der Waals surface area (Å²) in [5.74, 6) is 1.65. The van der Waals surface area contributed by atoms with Crippen molar-refractivity contribution >= 4 is 0 Å². The van der Waals surface area contributed by atoms with E-state index in [0.717, 1.165) is 18.3 Å². The molecule has 0 aromatic rings. The van der Waals surface area contributed by atoms with E-state index >= 15 is 0 Å². The first kappa shape index (κ1) is 14.5. The zero-order valence-electron chi connectivity index (χ0n) is 11.2. The summed E-state index contributed by atoms with van der Waals surface area (Å²) in [6.45, 7) is 11.4. The van der Waals surface area contributed by atoms with Crippen molar-refractivity contribution in [2.75, 3.05) is 0 Å². The SMILES string of the molecule is CC=C(C=CCC)CC(C)C(C)CCC. The lowest BCUT2D eigenvalue weighted by atomic mass is 9.86. The number of hydrogen-bond donors (Lipinski definition) is 0. The zero-order valence-corrected chi connectivity index (χ0v) is 11.2. The molecule has 0 nitrogen and oxygen atoms in total. The summed E-state index contributed by atoms with van der Waals surface area (Å²) in [5, 5.41) is 0. The van der Waals surface area contributed by atoms with Crippen molar-refractivity contribution in [3.63, 3.8) is 0 Å². The van der Waals surface area contributed by atoms with Gasteiger partial charge in [-0.05, 0) is 31.6 Å². The number of allylic oxidation sites excluding steroid dienone is 4. The van der Waals surface area contributed by atoms with Crippen LogP contribution in [-0.4, -0.2) is 0 Å². The second-order valence-corrected chi connectivity index (χ2v) is 4.62. The average molecular weight is 208 g/mol. The van der Waals surface area contributed by atoms with Crippen LogP contribution in [-0.2, 0) is 0 Å². The highest BCUT2D eigenvalue weighted by Gasteiger charge is 2.11. The van der Waals surface area contributed by atoms with Gasteiger partial charge < -0.3 is 0 Å². The molecular formula is C15H28. The Bertz CT molecular complexity index is 198. The predicted octanol–water partition coefficient (Wildman–Crippen LogP) is 5.36. The topological polar surface area (TPSA) is 0 Å². The van der Waals surface area contributed by atoms with Gasteiger partial charge in [0.1, 0.15) is 0 Å². The van der Waals surface area contributed by atoms with E-state index in [-0.39, 0.29) is 0 Å². The van der Waals surface area contributed by atoms with Crippen molar-refractivity contribution in [2.45, 2.75) is 60.3 Å². The van der Waals surface area contributed by atoms with Crippen molar-refractivity contribution in [1.82, 2.24) is 0 Å². The van der Waals surface area contributed by atoms with Crippen LogP contribution in [0.5, 0.6) is 0 Å². The molecule has 2 unspecified atom stereocenters. The van der Waals surface area contributed by atoms with Gasteiger partial charge in [0.05, 0.1) is 0 Å². The molecule has 0 aromatic heterocycles. The molecule has 0 spiro atoms. The molecule has 0 bridgehead atoms. The van der Waals surface area contributed by atoms with Crippen molar-refractivity contribution in [3.05, 3.63) is 23.8 Å². The quantitative estimate of drug-likeness (QED) is 0.494. The third-order valence-corrected chi connectivity index (χ3v) is 3.21. The minimum Gasteiger partial charge on any atom is -0.0845 e. The van der Waals surface area contributed by atoms with E-state index < -0.39 is 0 Å². The fraction of sp³-hybridized carbons (Fsp3) is 0.733. The molecule has 0 aromatic carbocycles. The van der Waals surface area contributed by atoms with Crippen LogP contribution in [0.15, 0.2) is 23.8 Å². The van der Waals surface area contributed by atoms with Crippen LogP contribution >= 0.6 is 0 Å². The van der Waals surface area contributed by atoms with Crippen LogP contribution < -0.4 is 0 Å². The summed E-state index contributed by atoms with van der Waals surface area (Å²) < 4.78 is 0. The van der Waals surface area contributed by atoms with Gasteiger partial charge >= 0.3 is 0 Å². The zero-order chi connectivity index (χ0) is 11.7. The fourth-order valence-electron chi connectivity index (χ4n) is 1.86. The van der Waals surface area contributed by atoms with Gasteiger partial charge in [-0.25, -0.2) is 0 Å². The van der Waals surface area contributed by atoms with Gasteiger partial charge in [-0.1, -0.05) is 64.3 Å². The smallest absolute Gasteiger partial charge is 0.0254 e. The Hall–Kier alpha value is -0.520. The summed E-state index contributed by atoms with van der Waals surface area (Å²) in [6, 6.07) is 0. The molecule has 0 saturated heterocycles. The molecule has 0 N–H and O–H groups in total. The van der Waals surface area contributed by atoms with Crippen LogP contribution in [0.4, 0.5) is 0 Å². The minimum absolute atomic E-state index is 0.803. The first-order chi connectivity index (χ1) is 7.15. The molecule has 0 heteroatoms. The lowest BCUT2D eigenvalue weighted by Crippen LogP contribution is -2.08. The fourth-order valence-corrected chi connectivity index (χ4v) is 1.86. The molecule has 0 heterocycles. The lowest BCUT2D eigenvalue weighted by molar-refractivity contribution is 0.360. The highest BCUT2D eigenvalue weighted by molar-refractivity contribution is 5.18. The Morgan fingerprint density at radius 1 is 1.13 bits per heavy atom. The summed E-state index contributed by atoms with van der Waals surface area (Å²) >= 11 is 0. The van der Waals surface area contributed by atoms with E-state index in [0.29, 0.717) is 0 Å². The van der Waals surface area contributed by atoms with Gasteiger partial charge in [0, 0.05) is 0 Å². The molecule has 15 heavy (non-hydrogen) atoms. The van der Waals surface area contributed by atoms with E-state index in [1.165, 1.54) is 24.8 Å². The van der Waals surface area contributed by atoms with Crippen molar-refractivity contribution in [3.8, 4) is 0 Å². The van der Waals surface area contributed by atoms with Crippen LogP contribution in [0.3, 0.4) is 0 Å². The van der Waals surface area contributed by atoms with E-state index in [9.17, 15) is 0 Å². The monoisotopic (exact) mass is 208 g/mol. The molecule has 0 aliphatic heterocycles. The Balaban J connectivity index is 4.12. The Morgan fingerprint density at radius 2 is 1.80 bits per heavy atom. The maximum absolute atomic E-state index is 2.38. The highest BCUT2D eigenvalue weighted by atomic mass is 14.2.